The second kappa shape index (κ2) is 7.59. The molecule has 2 heterocycles. The Kier molecular flexibility index (Phi) is 5.28. The zero-order valence-electron chi connectivity index (χ0n) is 14.2. The highest BCUT2D eigenvalue weighted by molar-refractivity contribution is 5.27. The Morgan fingerprint density at radius 3 is 2.35 bits per heavy atom. The number of ether oxygens (including phenoxy) is 1. The topological polar surface area (TPSA) is 43.2 Å². The van der Waals surface area contributed by atoms with E-state index in [1.165, 1.54) is 44.3 Å². The Labute approximate surface area is 138 Å². The van der Waals surface area contributed by atoms with Crippen LogP contribution in [0.4, 0.5) is 0 Å². The molecule has 0 unspecified atom stereocenters. The highest BCUT2D eigenvalue weighted by atomic mass is 16.5. The Hall–Kier alpha value is -1.88. The number of rotatable bonds is 5. The van der Waals surface area contributed by atoms with Gasteiger partial charge in [-0.3, -0.25) is 4.90 Å². The van der Waals surface area contributed by atoms with Gasteiger partial charge in [-0.1, -0.05) is 25.0 Å². The van der Waals surface area contributed by atoms with Crippen molar-refractivity contribution in [2.45, 2.75) is 45.7 Å². The second-order valence-electron chi connectivity index (χ2n) is 6.27. The van der Waals surface area contributed by atoms with Gasteiger partial charge in [0.05, 0.1) is 20.2 Å². The lowest BCUT2D eigenvalue weighted by molar-refractivity contribution is 0.265. The maximum absolute atomic E-state index is 5.22. The quantitative estimate of drug-likeness (QED) is 0.851. The van der Waals surface area contributed by atoms with Gasteiger partial charge in [0.25, 0.3) is 0 Å². The monoisotopic (exact) mass is 314 g/mol. The minimum atomic E-state index is 0.758. The summed E-state index contributed by atoms with van der Waals surface area (Å²) < 4.78 is 7.26. The predicted molar refractivity (Wildman–Crippen MR) is 90.6 cm³/mol. The third kappa shape index (κ3) is 4.32. The van der Waals surface area contributed by atoms with Gasteiger partial charge in [0.1, 0.15) is 17.4 Å². The van der Waals surface area contributed by atoms with Crippen molar-refractivity contribution in [2.24, 2.45) is 0 Å². The number of methoxy groups -OCH3 is 1. The molecule has 1 aromatic heterocycles. The fourth-order valence-corrected chi connectivity index (χ4v) is 3.14. The summed E-state index contributed by atoms with van der Waals surface area (Å²) in [6.07, 6.45) is 5.30. The second-order valence-corrected chi connectivity index (χ2v) is 6.27. The van der Waals surface area contributed by atoms with Crippen LogP contribution in [-0.4, -0.2) is 39.9 Å². The van der Waals surface area contributed by atoms with Crippen molar-refractivity contribution >= 4 is 0 Å². The molecule has 1 saturated heterocycles. The maximum Gasteiger partial charge on any atom is 0.147 e. The molecule has 2 aromatic rings. The Morgan fingerprint density at radius 1 is 1.00 bits per heavy atom. The molecule has 5 heteroatoms. The lowest BCUT2D eigenvalue weighted by Gasteiger charge is -2.19. The fraction of sp³-hybridized carbons (Fsp3) is 0.556. The molecule has 0 radical (unpaired) electrons. The molecule has 0 atom stereocenters. The van der Waals surface area contributed by atoms with E-state index in [1.54, 1.807) is 7.11 Å². The van der Waals surface area contributed by atoms with E-state index in [1.807, 2.05) is 23.7 Å². The lowest BCUT2D eigenvalue weighted by atomic mass is 10.2. The van der Waals surface area contributed by atoms with E-state index in [9.17, 15) is 0 Å². The van der Waals surface area contributed by atoms with Crippen LogP contribution < -0.4 is 4.74 Å². The van der Waals surface area contributed by atoms with Gasteiger partial charge in [-0.25, -0.2) is 9.67 Å². The van der Waals surface area contributed by atoms with E-state index in [2.05, 4.69) is 27.1 Å². The molecule has 0 saturated carbocycles. The van der Waals surface area contributed by atoms with Crippen molar-refractivity contribution < 1.29 is 4.74 Å². The van der Waals surface area contributed by atoms with Gasteiger partial charge < -0.3 is 4.74 Å². The summed E-state index contributed by atoms with van der Waals surface area (Å²) in [5.74, 6) is 2.80. The van der Waals surface area contributed by atoms with Gasteiger partial charge in [0.2, 0.25) is 0 Å². The highest BCUT2D eigenvalue weighted by Gasteiger charge is 2.14. The van der Waals surface area contributed by atoms with Crippen LogP contribution in [0.1, 0.15) is 42.9 Å². The standard InChI is InChI=1S/C18H26N4O/c1-15-19-18(14-21-11-5-3-4-6-12-21)22(20-15)13-16-7-9-17(23-2)10-8-16/h7-10H,3-6,11-14H2,1-2H3. The summed E-state index contributed by atoms with van der Waals surface area (Å²) in [6, 6.07) is 8.16. The first-order valence-corrected chi connectivity index (χ1v) is 8.50. The number of aromatic nitrogens is 3. The van der Waals surface area contributed by atoms with Crippen molar-refractivity contribution in [1.82, 2.24) is 19.7 Å². The minimum Gasteiger partial charge on any atom is -0.497 e. The molecule has 124 valence electrons. The number of hydrogen-bond donors (Lipinski definition) is 0. The number of nitrogens with zero attached hydrogens (tertiary/aromatic N) is 4. The third-order valence-electron chi connectivity index (χ3n) is 4.41. The van der Waals surface area contributed by atoms with Crippen molar-refractivity contribution in [3.63, 3.8) is 0 Å². The van der Waals surface area contributed by atoms with E-state index in [0.717, 1.165) is 30.5 Å². The lowest BCUT2D eigenvalue weighted by Crippen LogP contribution is -2.26. The van der Waals surface area contributed by atoms with E-state index < -0.39 is 0 Å². The Balaban J connectivity index is 1.71. The number of hydrogen-bond acceptors (Lipinski definition) is 4. The van der Waals surface area contributed by atoms with Crippen LogP contribution in [0.5, 0.6) is 5.75 Å². The summed E-state index contributed by atoms with van der Waals surface area (Å²) in [4.78, 5) is 7.17. The van der Waals surface area contributed by atoms with Gasteiger partial charge in [0, 0.05) is 0 Å². The summed E-state index contributed by atoms with van der Waals surface area (Å²) in [7, 11) is 1.69. The van der Waals surface area contributed by atoms with Gasteiger partial charge >= 0.3 is 0 Å². The van der Waals surface area contributed by atoms with Gasteiger partial charge in [0.15, 0.2) is 0 Å². The fourth-order valence-electron chi connectivity index (χ4n) is 3.14. The van der Waals surface area contributed by atoms with Crippen molar-refractivity contribution in [3.05, 3.63) is 41.5 Å². The summed E-state index contributed by atoms with van der Waals surface area (Å²) in [5.41, 5.74) is 1.22. The minimum absolute atomic E-state index is 0.758. The molecule has 0 spiro atoms. The Bertz CT molecular complexity index is 612. The largest absolute Gasteiger partial charge is 0.497 e. The van der Waals surface area contributed by atoms with Gasteiger partial charge in [-0.15, -0.1) is 0 Å². The first-order chi connectivity index (χ1) is 11.2. The molecule has 1 aliphatic rings. The molecular weight excluding hydrogens is 288 g/mol. The Morgan fingerprint density at radius 2 is 1.70 bits per heavy atom. The van der Waals surface area contributed by atoms with Crippen LogP contribution in [-0.2, 0) is 13.1 Å². The molecule has 0 bridgehead atoms. The molecule has 0 aliphatic carbocycles. The zero-order valence-corrected chi connectivity index (χ0v) is 14.2. The summed E-state index contributed by atoms with van der Waals surface area (Å²) >= 11 is 0. The number of likely N-dealkylation sites (tertiary alicyclic amines) is 1. The van der Waals surface area contributed by atoms with Crippen LogP contribution in [0, 0.1) is 6.92 Å². The van der Waals surface area contributed by atoms with E-state index in [4.69, 9.17) is 4.74 Å². The maximum atomic E-state index is 5.22. The van der Waals surface area contributed by atoms with Crippen LogP contribution in [0.2, 0.25) is 0 Å². The van der Waals surface area contributed by atoms with Crippen LogP contribution in [0.3, 0.4) is 0 Å². The molecule has 3 rings (SSSR count). The first-order valence-electron chi connectivity index (χ1n) is 8.50. The molecule has 1 aliphatic heterocycles. The van der Waals surface area contributed by atoms with Gasteiger partial charge in [-0.2, -0.15) is 5.10 Å². The average Bonchev–Trinajstić information content (AvgIpc) is 2.76. The smallest absolute Gasteiger partial charge is 0.147 e. The normalized spacial score (nSPS) is 16.3. The molecular formula is C18H26N4O. The highest BCUT2D eigenvalue weighted by Crippen LogP contribution is 2.15. The molecule has 0 amide bonds. The number of aryl methyl sites for hydroxylation is 1. The summed E-state index contributed by atoms with van der Waals surface area (Å²) in [5, 5.41) is 4.59. The predicted octanol–water partition coefficient (Wildman–Crippen LogP) is 3.02. The van der Waals surface area contributed by atoms with E-state index >= 15 is 0 Å². The molecule has 23 heavy (non-hydrogen) atoms. The van der Waals surface area contributed by atoms with Crippen molar-refractivity contribution in [2.75, 3.05) is 20.2 Å². The van der Waals surface area contributed by atoms with Crippen LogP contribution >= 0.6 is 0 Å². The molecule has 1 aromatic carbocycles. The molecule has 0 N–H and O–H groups in total. The molecule has 5 nitrogen and oxygen atoms in total. The third-order valence-corrected chi connectivity index (χ3v) is 4.41. The molecule has 1 fully saturated rings. The average molecular weight is 314 g/mol. The first kappa shape index (κ1) is 16.0. The van der Waals surface area contributed by atoms with Crippen LogP contribution in [0.15, 0.2) is 24.3 Å². The van der Waals surface area contributed by atoms with Crippen molar-refractivity contribution in [3.8, 4) is 5.75 Å². The van der Waals surface area contributed by atoms with Gasteiger partial charge in [-0.05, 0) is 50.6 Å². The zero-order chi connectivity index (χ0) is 16.1. The summed E-state index contributed by atoms with van der Waals surface area (Å²) in [6.45, 7) is 5.98. The van der Waals surface area contributed by atoms with Crippen LogP contribution in [0.25, 0.3) is 0 Å². The SMILES string of the molecule is COc1ccc(Cn2nc(C)nc2CN2CCCCCC2)cc1. The van der Waals surface area contributed by atoms with E-state index in [0.29, 0.717) is 0 Å². The van der Waals surface area contributed by atoms with E-state index in [-0.39, 0.29) is 0 Å². The van der Waals surface area contributed by atoms with Crippen molar-refractivity contribution in [1.29, 1.82) is 0 Å². The number of benzene rings is 1.